The summed E-state index contributed by atoms with van der Waals surface area (Å²) in [5, 5.41) is 3.04. The molecule has 4 rings (SSSR count). The number of hydrogen-bond donors (Lipinski definition) is 2. The number of rotatable bonds is 5. The number of ether oxygens (including phenoxy) is 1. The van der Waals surface area contributed by atoms with Crippen LogP contribution in [-0.2, 0) is 0 Å². The Morgan fingerprint density at radius 1 is 0.875 bits per heavy atom. The monoisotopic (exact) mass is 437 g/mol. The van der Waals surface area contributed by atoms with Crippen LogP contribution in [0.1, 0.15) is 29.6 Å². The maximum atomic E-state index is 13.1. The molecule has 3 N–H and O–H groups in total. The second-order valence-electron chi connectivity index (χ2n) is 8.25. The molecule has 2 heterocycles. The van der Waals surface area contributed by atoms with Gasteiger partial charge in [0.05, 0.1) is 18.5 Å². The second-order valence-corrected chi connectivity index (χ2v) is 8.25. The SMILES string of the molecule is COc1ccc(N2CCN(C(=O)Nc3cc(C(N)=O)ccc3N3CCCCC3)CC2)cc1. The van der Waals surface area contributed by atoms with E-state index in [2.05, 4.69) is 15.1 Å². The molecule has 2 fully saturated rings. The number of nitrogens with one attached hydrogen (secondary N) is 1. The van der Waals surface area contributed by atoms with Crippen LogP contribution in [0.2, 0.25) is 0 Å². The molecule has 8 nitrogen and oxygen atoms in total. The van der Waals surface area contributed by atoms with E-state index in [0.717, 1.165) is 56.1 Å². The van der Waals surface area contributed by atoms with Gasteiger partial charge in [-0.2, -0.15) is 0 Å². The van der Waals surface area contributed by atoms with E-state index in [0.29, 0.717) is 24.3 Å². The number of benzene rings is 2. The minimum absolute atomic E-state index is 0.153. The van der Waals surface area contributed by atoms with Gasteiger partial charge in [-0.05, 0) is 61.7 Å². The van der Waals surface area contributed by atoms with E-state index in [9.17, 15) is 9.59 Å². The fourth-order valence-corrected chi connectivity index (χ4v) is 4.36. The van der Waals surface area contributed by atoms with Crippen molar-refractivity contribution in [3.63, 3.8) is 0 Å². The topological polar surface area (TPSA) is 91.1 Å². The van der Waals surface area contributed by atoms with Crippen LogP contribution in [0.4, 0.5) is 21.9 Å². The summed E-state index contributed by atoms with van der Waals surface area (Å²) < 4.78 is 5.23. The molecule has 0 unspecified atom stereocenters. The Bertz CT molecular complexity index is 949. The Labute approximate surface area is 188 Å². The van der Waals surface area contributed by atoms with Crippen molar-refractivity contribution in [2.75, 3.05) is 61.5 Å². The zero-order valence-corrected chi connectivity index (χ0v) is 18.5. The minimum atomic E-state index is -0.501. The number of nitrogens with two attached hydrogens (primary N) is 1. The maximum Gasteiger partial charge on any atom is 0.322 e. The van der Waals surface area contributed by atoms with Crippen molar-refractivity contribution in [3.8, 4) is 5.75 Å². The lowest BCUT2D eigenvalue weighted by atomic mass is 10.1. The molecule has 2 saturated heterocycles. The Balaban J connectivity index is 1.43. The third kappa shape index (κ3) is 4.90. The number of amides is 3. The van der Waals surface area contributed by atoms with Crippen LogP contribution in [-0.4, -0.2) is 63.2 Å². The maximum absolute atomic E-state index is 13.1. The first-order chi connectivity index (χ1) is 15.5. The van der Waals surface area contributed by atoms with Crippen LogP contribution in [0.5, 0.6) is 5.75 Å². The van der Waals surface area contributed by atoms with Crippen LogP contribution in [0.25, 0.3) is 0 Å². The molecule has 0 radical (unpaired) electrons. The largest absolute Gasteiger partial charge is 0.497 e. The first kappa shape index (κ1) is 21.8. The summed E-state index contributed by atoms with van der Waals surface area (Å²) in [7, 11) is 1.65. The molecular formula is C24H31N5O3. The van der Waals surface area contributed by atoms with Gasteiger partial charge in [-0.25, -0.2) is 4.79 Å². The molecule has 2 aromatic carbocycles. The summed E-state index contributed by atoms with van der Waals surface area (Å²) in [6.45, 7) is 4.62. The summed E-state index contributed by atoms with van der Waals surface area (Å²) in [6, 6.07) is 13.1. The van der Waals surface area contributed by atoms with Gasteiger partial charge in [0, 0.05) is 50.5 Å². The Kier molecular flexibility index (Phi) is 6.68. The van der Waals surface area contributed by atoms with Crippen molar-refractivity contribution in [2.45, 2.75) is 19.3 Å². The molecule has 0 aromatic heterocycles. The summed E-state index contributed by atoms with van der Waals surface area (Å²) in [5.74, 6) is 0.327. The molecule has 0 aliphatic carbocycles. The highest BCUT2D eigenvalue weighted by atomic mass is 16.5. The summed E-state index contributed by atoms with van der Waals surface area (Å²) in [5.41, 5.74) is 8.58. The summed E-state index contributed by atoms with van der Waals surface area (Å²) in [4.78, 5) is 31.1. The lowest BCUT2D eigenvalue weighted by molar-refractivity contribution is 0.1000. The fraction of sp³-hybridized carbons (Fsp3) is 0.417. The van der Waals surface area contributed by atoms with Crippen molar-refractivity contribution in [2.24, 2.45) is 5.73 Å². The molecule has 2 aliphatic heterocycles. The van der Waals surface area contributed by atoms with Gasteiger partial charge in [0.15, 0.2) is 0 Å². The normalized spacial score (nSPS) is 16.6. The number of carbonyl (C=O) groups excluding carboxylic acids is 2. The van der Waals surface area contributed by atoms with Gasteiger partial charge in [-0.1, -0.05) is 0 Å². The third-order valence-corrected chi connectivity index (χ3v) is 6.22. The highest BCUT2D eigenvalue weighted by Crippen LogP contribution is 2.30. The molecule has 0 atom stereocenters. The molecule has 2 aliphatic rings. The van der Waals surface area contributed by atoms with E-state index in [4.69, 9.17) is 10.5 Å². The van der Waals surface area contributed by atoms with Crippen LogP contribution >= 0.6 is 0 Å². The van der Waals surface area contributed by atoms with Gasteiger partial charge in [0.2, 0.25) is 5.91 Å². The van der Waals surface area contributed by atoms with Crippen LogP contribution in [0.15, 0.2) is 42.5 Å². The zero-order valence-electron chi connectivity index (χ0n) is 18.5. The number of anilines is 3. The molecule has 0 spiro atoms. The first-order valence-corrected chi connectivity index (χ1v) is 11.2. The molecule has 2 aromatic rings. The first-order valence-electron chi connectivity index (χ1n) is 11.2. The van der Waals surface area contributed by atoms with Gasteiger partial charge in [0.1, 0.15) is 5.75 Å². The van der Waals surface area contributed by atoms with Gasteiger partial charge in [-0.15, -0.1) is 0 Å². The van der Waals surface area contributed by atoms with Crippen molar-refractivity contribution in [3.05, 3.63) is 48.0 Å². The Morgan fingerprint density at radius 2 is 1.56 bits per heavy atom. The second kappa shape index (κ2) is 9.80. The average Bonchev–Trinajstić information content (AvgIpc) is 2.84. The van der Waals surface area contributed by atoms with Gasteiger partial charge < -0.3 is 30.5 Å². The fourth-order valence-electron chi connectivity index (χ4n) is 4.36. The van der Waals surface area contributed by atoms with E-state index in [1.165, 1.54) is 6.42 Å². The predicted octanol–water partition coefficient (Wildman–Crippen LogP) is 3.14. The van der Waals surface area contributed by atoms with Crippen LogP contribution in [0.3, 0.4) is 0 Å². The van der Waals surface area contributed by atoms with Crippen molar-refractivity contribution >= 4 is 29.0 Å². The molecule has 8 heteroatoms. The van der Waals surface area contributed by atoms with E-state index in [1.807, 2.05) is 35.2 Å². The molecule has 0 saturated carbocycles. The Hall–Kier alpha value is -3.42. The number of carbonyl (C=O) groups is 2. The quantitative estimate of drug-likeness (QED) is 0.750. The number of urea groups is 1. The van der Waals surface area contributed by atoms with Crippen molar-refractivity contribution < 1.29 is 14.3 Å². The van der Waals surface area contributed by atoms with E-state index in [-0.39, 0.29) is 6.03 Å². The molecule has 170 valence electrons. The Morgan fingerprint density at radius 3 is 2.19 bits per heavy atom. The summed E-state index contributed by atoms with van der Waals surface area (Å²) in [6.07, 6.45) is 3.46. The molecule has 0 bridgehead atoms. The van der Waals surface area contributed by atoms with Crippen molar-refractivity contribution in [1.82, 2.24) is 4.90 Å². The highest BCUT2D eigenvalue weighted by Gasteiger charge is 2.23. The molecular weight excluding hydrogens is 406 g/mol. The highest BCUT2D eigenvalue weighted by molar-refractivity contribution is 5.99. The third-order valence-electron chi connectivity index (χ3n) is 6.22. The number of piperazine rings is 1. The average molecular weight is 438 g/mol. The number of hydrogen-bond acceptors (Lipinski definition) is 5. The van der Waals surface area contributed by atoms with E-state index < -0.39 is 5.91 Å². The zero-order chi connectivity index (χ0) is 22.5. The van der Waals surface area contributed by atoms with Gasteiger partial charge >= 0.3 is 6.03 Å². The number of methoxy groups -OCH3 is 1. The number of primary amides is 1. The molecule has 3 amide bonds. The lowest BCUT2D eigenvalue weighted by Gasteiger charge is -2.36. The number of nitrogens with zero attached hydrogens (tertiary/aromatic N) is 3. The lowest BCUT2D eigenvalue weighted by Crippen LogP contribution is -2.50. The standard InChI is InChI=1S/C24H31N5O3/c1-32-20-8-6-19(7-9-20)27-13-15-29(16-14-27)24(31)26-21-17-18(23(25)30)5-10-22(21)28-11-3-2-4-12-28/h5-10,17H,2-4,11-16H2,1H3,(H2,25,30)(H,26,31). The molecule has 32 heavy (non-hydrogen) atoms. The van der Waals surface area contributed by atoms with Crippen LogP contribution < -0.4 is 25.6 Å². The van der Waals surface area contributed by atoms with Crippen LogP contribution in [0, 0.1) is 0 Å². The summed E-state index contributed by atoms with van der Waals surface area (Å²) >= 11 is 0. The van der Waals surface area contributed by atoms with Gasteiger partial charge in [0.25, 0.3) is 0 Å². The van der Waals surface area contributed by atoms with Gasteiger partial charge in [-0.3, -0.25) is 4.79 Å². The number of piperidine rings is 1. The minimum Gasteiger partial charge on any atom is -0.497 e. The van der Waals surface area contributed by atoms with E-state index in [1.54, 1.807) is 19.2 Å². The van der Waals surface area contributed by atoms with E-state index >= 15 is 0 Å². The van der Waals surface area contributed by atoms with Crippen molar-refractivity contribution in [1.29, 1.82) is 0 Å². The predicted molar refractivity (Wildman–Crippen MR) is 127 cm³/mol. The smallest absolute Gasteiger partial charge is 0.322 e.